The first kappa shape index (κ1) is 18.4. The molecule has 0 spiro atoms. The van der Waals surface area contributed by atoms with Gasteiger partial charge in [0.2, 0.25) is 0 Å². The van der Waals surface area contributed by atoms with Crippen LogP contribution in [0, 0.1) is 0 Å². The third-order valence-corrected chi connectivity index (χ3v) is 2.81. The van der Waals surface area contributed by atoms with Crippen molar-refractivity contribution in [1.29, 1.82) is 0 Å². The van der Waals surface area contributed by atoms with Gasteiger partial charge >= 0.3 is 0 Å². The van der Waals surface area contributed by atoms with Gasteiger partial charge in [-0.2, -0.15) is 0 Å². The van der Waals surface area contributed by atoms with Crippen molar-refractivity contribution in [2.24, 2.45) is 0 Å². The van der Waals surface area contributed by atoms with Gasteiger partial charge in [0.15, 0.2) is 0 Å². The zero-order valence-electron chi connectivity index (χ0n) is 13.8. The van der Waals surface area contributed by atoms with Crippen LogP contribution in [0.4, 0.5) is 0 Å². The van der Waals surface area contributed by atoms with Crippen molar-refractivity contribution in [3.8, 4) is 0 Å². The monoisotopic (exact) mass is 270 g/mol. The van der Waals surface area contributed by atoms with Crippen molar-refractivity contribution in [3.05, 3.63) is 71.3 Å². The molecule has 0 fully saturated rings. The average Bonchev–Trinajstić information content (AvgIpc) is 2.54. The highest BCUT2D eigenvalue weighted by Gasteiger charge is 1.96. The summed E-state index contributed by atoms with van der Waals surface area (Å²) in [7, 11) is 0. The lowest BCUT2D eigenvalue weighted by atomic mass is 10.0. The predicted molar refractivity (Wildman–Crippen MR) is 92.4 cm³/mol. The zero-order chi connectivity index (χ0) is 15.2. The molecule has 0 heteroatoms. The fourth-order valence-electron chi connectivity index (χ4n) is 1.94. The van der Waals surface area contributed by atoms with Gasteiger partial charge in [0, 0.05) is 0 Å². The minimum atomic E-state index is 1.03. The Morgan fingerprint density at radius 2 is 1.05 bits per heavy atom. The molecule has 2 aromatic rings. The molecule has 0 saturated carbocycles. The standard InChI is InChI=1S/C16H18.2C2H6/c1-2-6-14-9-11-16(12-10-14)13-15-7-4-3-5-8-15;2*1-2/h3-5,7-12H,2,6,13H2,1H3;2*1-2H3. The van der Waals surface area contributed by atoms with Gasteiger partial charge in [0.05, 0.1) is 0 Å². The second-order valence-corrected chi connectivity index (χ2v) is 4.23. The average molecular weight is 270 g/mol. The van der Waals surface area contributed by atoms with E-state index in [1.54, 1.807) is 0 Å². The van der Waals surface area contributed by atoms with Gasteiger partial charge in [-0.15, -0.1) is 0 Å². The molecule has 0 aromatic heterocycles. The minimum Gasteiger partial charge on any atom is -0.0683 e. The van der Waals surface area contributed by atoms with E-state index < -0.39 is 0 Å². The number of hydrogen-bond acceptors (Lipinski definition) is 0. The summed E-state index contributed by atoms with van der Waals surface area (Å²) >= 11 is 0. The van der Waals surface area contributed by atoms with Gasteiger partial charge in [-0.25, -0.2) is 0 Å². The van der Waals surface area contributed by atoms with Crippen LogP contribution >= 0.6 is 0 Å². The van der Waals surface area contributed by atoms with E-state index in [-0.39, 0.29) is 0 Å². The summed E-state index contributed by atoms with van der Waals surface area (Å²) in [6.45, 7) is 10.2. The summed E-state index contributed by atoms with van der Waals surface area (Å²) < 4.78 is 0. The van der Waals surface area contributed by atoms with Crippen LogP contribution < -0.4 is 0 Å². The van der Waals surface area contributed by atoms with Crippen LogP contribution in [0.2, 0.25) is 0 Å². The van der Waals surface area contributed by atoms with E-state index >= 15 is 0 Å². The summed E-state index contributed by atoms with van der Waals surface area (Å²) in [4.78, 5) is 0. The van der Waals surface area contributed by atoms with Crippen LogP contribution in [0.3, 0.4) is 0 Å². The van der Waals surface area contributed by atoms with Crippen LogP contribution in [-0.2, 0) is 12.8 Å². The summed E-state index contributed by atoms with van der Waals surface area (Å²) in [5.41, 5.74) is 4.22. The molecule has 0 nitrogen and oxygen atoms in total. The maximum atomic E-state index is 2.25. The molecule has 0 bridgehead atoms. The van der Waals surface area contributed by atoms with Crippen LogP contribution in [0.15, 0.2) is 54.6 Å². The van der Waals surface area contributed by atoms with Crippen molar-refractivity contribution in [2.45, 2.75) is 53.9 Å². The van der Waals surface area contributed by atoms with E-state index in [0.29, 0.717) is 0 Å². The minimum absolute atomic E-state index is 1.03. The Morgan fingerprint density at radius 1 is 0.600 bits per heavy atom. The molecular formula is C20H30. The van der Waals surface area contributed by atoms with E-state index in [2.05, 4.69) is 61.5 Å². The predicted octanol–water partition coefficient (Wildman–Crippen LogP) is 6.28. The molecule has 0 aliphatic carbocycles. The third kappa shape index (κ3) is 7.13. The van der Waals surface area contributed by atoms with Crippen LogP contribution in [0.25, 0.3) is 0 Å². The fourth-order valence-corrected chi connectivity index (χ4v) is 1.94. The number of rotatable bonds is 4. The van der Waals surface area contributed by atoms with E-state index in [1.807, 2.05) is 27.7 Å². The van der Waals surface area contributed by atoms with Gasteiger partial charge in [-0.3, -0.25) is 0 Å². The van der Waals surface area contributed by atoms with Crippen molar-refractivity contribution in [2.75, 3.05) is 0 Å². The second kappa shape index (κ2) is 12.5. The highest BCUT2D eigenvalue weighted by Crippen LogP contribution is 2.11. The highest BCUT2D eigenvalue weighted by molar-refractivity contribution is 5.28. The quantitative estimate of drug-likeness (QED) is 0.613. The lowest BCUT2D eigenvalue weighted by Gasteiger charge is -2.03. The first-order chi connectivity index (χ1) is 9.88. The maximum Gasteiger partial charge on any atom is -0.00258 e. The summed E-state index contributed by atoms with van der Waals surface area (Å²) in [6.07, 6.45) is 3.44. The largest absolute Gasteiger partial charge is 0.0683 e. The summed E-state index contributed by atoms with van der Waals surface area (Å²) in [5.74, 6) is 0. The zero-order valence-corrected chi connectivity index (χ0v) is 13.8. The lowest BCUT2D eigenvalue weighted by molar-refractivity contribution is 0.920. The maximum absolute atomic E-state index is 2.25. The van der Waals surface area contributed by atoms with E-state index in [4.69, 9.17) is 0 Å². The third-order valence-electron chi connectivity index (χ3n) is 2.81. The molecule has 20 heavy (non-hydrogen) atoms. The molecule has 110 valence electrons. The molecule has 0 heterocycles. The van der Waals surface area contributed by atoms with Crippen molar-refractivity contribution >= 4 is 0 Å². The number of hydrogen-bond donors (Lipinski definition) is 0. The summed E-state index contributed by atoms with van der Waals surface area (Å²) in [6, 6.07) is 19.6. The van der Waals surface area contributed by atoms with Crippen molar-refractivity contribution < 1.29 is 0 Å². The van der Waals surface area contributed by atoms with Crippen LogP contribution in [0.1, 0.15) is 57.7 Å². The number of aryl methyl sites for hydroxylation is 1. The van der Waals surface area contributed by atoms with Gasteiger partial charge in [0.25, 0.3) is 0 Å². The first-order valence-electron chi connectivity index (χ1n) is 8.00. The van der Waals surface area contributed by atoms with Gasteiger partial charge in [0.1, 0.15) is 0 Å². The second-order valence-electron chi connectivity index (χ2n) is 4.23. The number of benzene rings is 2. The van der Waals surface area contributed by atoms with E-state index in [9.17, 15) is 0 Å². The first-order valence-corrected chi connectivity index (χ1v) is 8.00. The fraction of sp³-hybridized carbons (Fsp3) is 0.400. The van der Waals surface area contributed by atoms with Crippen molar-refractivity contribution in [1.82, 2.24) is 0 Å². The highest BCUT2D eigenvalue weighted by atomic mass is 14.0. The molecule has 0 N–H and O–H groups in total. The van der Waals surface area contributed by atoms with Crippen molar-refractivity contribution in [3.63, 3.8) is 0 Å². The van der Waals surface area contributed by atoms with Gasteiger partial charge in [-0.1, -0.05) is 95.6 Å². The SMILES string of the molecule is CC.CC.CCCc1ccc(Cc2ccccc2)cc1. The Hall–Kier alpha value is -1.56. The molecule has 0 unspecified atom stereocenters. The Labute approximate surface area is 125 Å². The summed E-state index contributed by atoms with van der Waals surface area (Å²) in [5, 5.41) is 0. The van der Waals surface area contributed by atoms with E-state index in [0.717, 1.165) is 6.42 Å². The Kier molecular flexibility index (Phi) is 11.5. The Morgan fingerprint density at radius 3 is 1.55 bits per heavy atom. The Balaban J connectivity index is 0.000000829. The smallest absolute Gasteiger partial charge is 0.00258 e. The Bertz CT molecular complexity index is 412. The molecular weight excluding hydrogens is 240 g/mol. The van der Waals surface area contributed by atoms with Gasteiger partial charge in [-0.05, 0) is 29.5 Å². The molecule has 0 radical (unpaired) electrons. The molecule has 0 saturated heterocycles. The lowest BCUT2D eigenvalue weighted by Crippen LogP contribution is -1.89. The molecule has 2 rings (SSSR count). The van der Waals surface area contributed by atoms with Crippen LogP contribution in [-0.4, -0.2) is 0 Å². The van der Waals surface area contributed by atoms with Crippen LogP contribution in [0.5, 0.6) is 0 Å². The molecule has 2 aromatic carbocycles. The molecule has 0 atom stereocenters. The molecule has 0 aliphatic rings. The van der Waals surface area contributed by atoms with E-state index in [1.165, 1.54) is 29.5 Å². The molecule has 0 amide bonds. The van der Waals surface area contributed by atoms with Gasteiger partial charge < -0.3 is 0 Å². The topological polar surface area (TPSA) is 0 Å². The molecule has 0 aliphatic heterocycles. The normalized spacial score (nSPS) is 8.85.